The van der Waals surface area contributed by atoms with E-state index >= 15 is 0 Å². The molecule has 3 heteroatoms. The lowest BCUT2D eigenvalue weighted by atomic mass is 10.3. The number of aromatic nitrogens is 1. The average molecular weight is 149 g/mol. The Labute approximate surface area is 65.9 Å². The van der Waals surface area contributed by atoms with Crippen molar-refractivity contribution in [3.63, 3.8) is 0 Å². The molecule has 0 fully saturated rings. The number of rotatable bonds is 2. The fourth-order valence-corrected chi connectivity index (χ4v) is 0.948. The van der Waals surface area contributed by atoms with E-state index in [1.807, 2.05) is 30.9 Å². The van der Waals surface area contributed by atoms with Crippen molar-refractivity contribution in [3.8, 4) is 0 Å². The molecular weight excluding hydrogens is 138 g/mol. The normalized spacial score (nSPS) is 10.7. The van der Waals surface area contributed by atoms with Gasteiger partial charge in [0.2, 0.25) is 0 Å². The third-order valence-corrected chi connectivity index (χ3v) is 1.39. The molecule has 1 aromatic rings. The van der Waals surface area contributed by atoms with E-state index in [1.54, 1.807) is 6.21 Å². The smallest absolute Gasteiger partial charge is 0.0889 e. The maximum absolute atomic E-state index is 7.06. The zero-order chi connectivity index (χ0) is 8.27. The van der Waals surface area contributed by atoms with E-state index < -0.39 is 0 Å². The van der Waals surface area contributed by atoms with Crippen molar-refractivity contribution in [1.29, 1.82) is 5.41 Å². The van der Waals surface area contributed by atoms with Crippen molar-refractivity contribution < 1.29 is 0 Å². The number of nitrogens with zero attached hydrogens (tertiary/aromatic N) is 2. The maximum Gasteiger partial charge on any atom is 0.0889 e. The first-order valence-electron chi connectivity index (χ1n) is 3.43. The Bertz CT molecular complexity index is 284. The molecule has 0 aliphatic carbocycles. The third kappa shape index (κ3) is 1.55. The monoisotopic (exact) mass is 149 g/mol. The van der Waals surface area contributed by atoms with Gasteiger partial charge in [-0.25, -0.2) is 0 Å². The van der Waals surface area contributed by atoms with Gasteiger partial charge in [0.25, 0.3) is 0 Å². The van der Waals surface area contributed by atoms with Gasteiger partial charge in [0.1, 0.15) is 0 Å². The standard InChI is InChI=1S/C8H11N3/c1-3-10-8-6-11(2)5-7(8)4-9/h3-6,9H,1-2H3. The topological polar surface area (TPSA) is 41.1 Å². The van der Waals surface area contributed by atoms with Crippen molar-refractivity contribution in [1.82, 2.24) is 4.57 Å². The molecule has 0 radical (unpaired) electrons. The summed E-state index contributed by atoms with van der Waals surface area (Å²) in [6.45, 7) is 1.86. The molecule has 0 saturated heterocycles. The highest BCUT2D eigenvalue weighted by molar-refractivity contribution is 5.85. The third-order valence-electron chi connectivity index (χ3n) is 1.39. The van der Waals surface area contributed by atoms with E-state index in [4.69, 9.17) is 5.41 Å². The molecule has 11 heavy (non-hydrogen) atoms. The van der Waals surface area contributed by atoms with Gasteiger partial charge in [0.05, 0.1) is 5.69 Å². The van der Waals surface area contributed by atoms with Crippen LogP contribution in [0.3, 0.4) is 0 Å². The molecule has 0 spiro atoms. The van der Waals surface area contributed by atoms with E-state index in [9.17, 15) is 0 Å². The van der Waals surface area contributed by atoms with Crippen molar-refractivity contribution in [2.75, 3.05) is 0 Å². The molecule has 3 nitrogen and oxygen atoms in total. The minimum Gasteiger partial charge on any atom is -0.354 e. The lowest BCUT2D eigenvalue weighted by molar-refractivity contribution is 0.927. The molecule has 1 rings (SSSR count). The Morgan fingerprint density at radius 3 is 2.82 bits per heavy atom. The lowest BCUT2D eigenvalue weighted by Crippen LogP contribution is -1.78. The van der Waals surface area contributed by atoms with E-state index in [-0.39, 0.29) is 0 Å². The summed E-state index contributed by atoms with van der Waals surface area (Å²) in [4.78, 5) is 4.10. The first-order chi connectivity index (χ1) is 5.27. The average Bonchev–Trinajstić information content (AvgIpc) is 2.32. The lowest BCUT2D eigenvalue weighted by Gasteiger charge is -1.85. The van der Waals surface area contributed by atoms with E-state index in [0.717, 1.165) is 11.3 Å². The Morgan fingerprint density at radius 2 is 2.27 bits per heavy atom. The summed E-state index contributed by atoms with van der Waals surface area (Å²) in [6.07, 6.45) is 6.79. The molecule has 0 aromatic carbocycles. The molecule has 0 atom stereocenters. The highest BCUT2D eigenvalue weighted by Crippen LogP contribution is 2.16. The fraction of sp³-hybridized carbons (Fsp3) is 0.250. The van der Waals surface area contributed by atoms with Gasteiger partial charge in [0.15, 0.2) is 0 Å². The summed E-state index contributed by atoms with van der Waals surface area (Å²) >= 11 is 0. The zero-order valence-corrected chi connectivity index (χ0v) is 6.70. The van der Waals surface area contributed by atoms with Crippen molar-refractivity contribution in [3.05, 3.63) is 18.0 Å². The predicted octanol–water partition coefficient (Wildman–Crippen LogP) is 1.74. The number of nitrogens with one attached hydrogen (secondary N) is 1. The van der Waals surface area contributed by atoms with Gasteiger partial charge in [-0.1, -0.05) is 0 Å². The summed E-state index contributed by atoms with van der Waals surface area (Å²) in [6, 6.07) is 0. The molecule has 58 valence electrons. The molecule has 0 bridgehead atoms. The number of hydrogen-bond acceptors (Lipinski definition) is 2. The molecule has 0 unspecified atom stereocenters. The van der Waals surface area contributed by atoms with Gasteiger partial charge in [0, 0.05) is 37.4 Å². The predicted molar refractivity (Wildman–Crippen MR) is 47.1 cm³/mol. The Balaban J connectivity index is 3.11. The molecule has 1 aromatic heterocycles. The van der Waals surface area contributed by atoms with Crippen LogP contribution in [0.25, 0.3) is 0 Å². The van der Waals surface area contributed by atoms with Crippen LogP contribution in [0.4, 0.5) is 5.69 Å². The number of aliphatic imine (C=N–C) groups is 1. The van der Waals surface area contributed by atoms with Crippen LogP contribution in [0.5, 0.6) is 0 Å². The number of hydrogen-bond donors (Lipinski definition) is 1. The second kappa shape index (κ2) is 3.14. The van der Waals surface area contributed by atoms with E-state index in [0.29, 0.717) is 0 Å². The molecule has 1 N–H and O–H groups in total. The Hall–Kier alpha value is -1.38. The Kier molecular flexibility index (Phi) is 2.21. The molecule has 0 aliphatic rings. The van der Waals surface area contributed by atoms with Crippen LogP contribution in [-0.2, 0) is 7.05 Å². The highest BCUT2D eigenvalue weighted by atomic mass is 14.9. The van der Waals surface area contributed by atoms with Crippen molar-refractivity contribution in [2.45, 2.75) is 6.92 Å². The summed E-state index contributed by atoms with van der Waals surface area (Å²) in [5.41, 5.74) is 1.70. The van der Waals surface area contributed by atoms with Crippen LogP contribution in [0, 0.1) is 5.41 Å². The molecular formula is C8H11N3. The summed E-state index contributed by atoms with van der Waals surface area (Å²) in [7, 11) is 1.92. The van der Waals surface area contributed by atoms with Crippen molar-refractivity contribution >= 4 is 18.1 Å². The van der Waals surface area contributed by atoms with Gasteiger partial charge in [-0.15, -0.1) is 0 Å². The SMILES string of the molecule is CC=Nc1cn(C)cc1C=N. The van der Waals surface area contributed by atoms with Crippen LogP contribution in [0.15, 0.2) is 17.4 Å². The Morgan fingerprint density at radius 1 is 1.55 bits per heavy atom. The largest absolute Gasteiger partial charge is 0.354 e. The van der Waals surface area contributed by atoms with Gasteiger partial charge < -0.3 is 9.98 Å². The minimum absolute atomic E-state index is 0.852. The van der Waals surface area contributed by atoms with Crippen LogP contribution in [0.2, 0.25) is 0 Å². The van der Waals surface area contributed by atoms with Crippen molar-refractivity contribution in [2.24, 2.45) is 12.0 Å². The quantitative estimate of drug-likeness (QED) is 0.622. The first-order valence-corrected chi connectivity index (χ1v) is 3.43. The van der Waals surface area contributed by atoms with Crippen LogP contribution < -0.4 is 0 Å². The van der Waals surface area contributed by atoms with Gasteiger partial charge in [-0.2, -0.15) is 0 Å². The maximum atomic E-state index is 7.06. The summed E-state index contributed by atoms with van der Waals surface area (Å²) in [5.74, 6) is 0. The minimum atomic E-state index is 0.852. The summed E-state index contributed by atoms with van der Waals surface area (Å²) < 4.78 is 1.89. The molecule has 0 aliphatic heterocycles. The second-order valence-electron chi connectivity index (χ2n) is 2.30. The molecule has 0 amide bonds. The first kappa shape index (κ1) is 7.72. The number of aryl methyl sites for hydroxylation is 1. The van der Waals surface area contributed by atoms with E-state index in [2.05, 4.69) is 4.99 Å². The van der Waals surface area contributed by atoms with Crippen LogP contribution in [0.1, 0.15) is 12.5 Å². The van der Waals surface area contributed by atoms with Crippen LogP contribution >= 0.6 is 0 Å². The van der Waals surface area contributed by atoms with E-state index in [1.165, 1.54) is 6.21 Å². The molecule has 1 heterocycles. The molecule has 0 saturated carbocycles. The van der Waals surface area contributed by atoms with Gasteiger partial charge in [-0.3, -0.25) is 4.99 Å². The zero-order valence-electron chi connectivity index (χ0n) is 6.70. The fourth-order valence-electron chi connectivity index (χ4n) is 0.948. The highest BCUT2D eigenvalue weighted by Gasteiger charge is 1.98. The van der Waals surface area contributed by atoms with Gasteiger partial charge in [-0.05, 0) is 6.92 Å². The summed E-state index contributed by atoms with van der Waals surface area (Å²) in [5, 5.41) is 7.06. The van der Waals surface area contributed by atoms with Crippen LogP contribution in [-0.4, -0.2) is 17.0 Å². The second-order valence-corrected chi connectivity index (χ2v) is 2.30. The van der Waals surface area contributed by atoms with Gasteiger partial charge >= 0.3 is 0 Å².